The summed E-state index contributed by atoms with van der Waals surface area (Å²) in [5.74, 6) is 2.52. The van der Waals surface area contributed by atoms with E-state index < -0.39 is 0 Å². The van der Waals surface area contributed by atoms with Gasteiger partial charge in [0.1, 0.15) is 0 Å². The van der Waals surface area contributed by atoms with E-state index in [4.69, 9.17) is 16.3 Å². The maximum absolute atomic E-state index is 6.46. The van der Waals surface area contributed by atoms with Gasteiger partial charge in [-0.25, -0.2) is 0 Å². The minimum absolute atomic E-state index is 0.215. The zero-order valence-corrected chi connectivity index (χ0v) is 26.5. The molecule has 5 atom stereocenters. The molecule has 3 heteroatoms. The Morgan fingerprint density at radius 2 is 1.98 bits per heavy atom. The van der Waals surface area contributed by atoms with Crippen molar-refractivity contribution in [2.45, 2.75) is 97.5 Å². The van der Waals surface area contributed by atoms with Crippen LogP contribution in [0.1, 0.15) is 101 Å². The van der Waals surface area contributed by atoms with Crippen molar-refractivity contribution in [3.05, 3.63) is 82.4 Å². The zero-order valence-electron chi connectivity index (χ0n) is 25.7. The van der Waals surface area contributed by atoms with Crippen LogP contribution in [-0.2, 0) is 17.6 Å². The van der Waals surface area contributed by atoms with Crippen molar-refractivity contribution in [3.63, 3.8) is 0 Å². The van der Waals surface area contributed by atoms with Gasteiger partial charge in [-0.2, -0.15) is 0 Å². The molecule has 0 N–H and O–H groups in total. The van der Waals surface area contributed by atoms with Gasteiger partial charge in [0.2, 0.25) is 0 Å². The van der Waals surface area contributed by atoms with Crippen LogP contribution in [0.5, 0.6) is 0 Å². The lowest BCUT2D eigenvalue weighted by Gasteiger charge is -2.44. The van der Waals surface area contributed by atoms with Gasteiger partial charge in [0.15, 0.2) is 0 Å². The van der Waals surface area contributed by atoms with Crippen molar-refractivity contribution >= 4 is 22.9 Å². The first kappa shape index (κ1) is 30.9. The standard InChI is InChI=1S/C37H52ClNO/c1-7-11-30-22-33(38)19-21-34(30)31-17-15-28-14-16-29(26(3)4)23-36(28)39(24-31)25-32-18-20-35(32)37(40-6)13-10-9-12-27(5)8-2/h10,13-14,16,19,21-23,27,31-32,35,37H,3,7-9,11-12,15,17-18,20,24-25H2,1-2,4-6H3/b13-10+. The van der Waals surface area contributed by atoms with Crippen molar-refractivity contribution in [1.29, 1.82) is 0 Å². The second-order valence-electron chi connectivity index (χ2n) is 12.6. The molecule has 2 nitrogen and oxygen atoms in total. The predicted octanol–water partition coefficient (Wildman–Crippen LogP) is 10.3. The molecule has 218 valence electrons. The SMILES string of the molecule is C=C(C)c1ccc2c(c1)N(CC1CCC1C(/C=C/CCC(C)CC)OC)CC(c1ccc(Cl)cc1CCC)CC2. The van der Waals surface area contributed by atoms with Gasteiger partial charge in [-0.3, -0.25) is 0 Å². The number of hydrogen-bond donors (Lipinski definition) is 0. The molecule has 0 saturated heterocycles. The fourth-order valence-corrected chi connectivity index (χ4v) is 6.95. The number of hydrogen-bond acceptors (Lipinski definition) is 2. The third-order valence-electron chi connectivity index (χ3n) is 9.66. The number of nitrogens with zero attached hydrogens (tertiary/aromatic N) is 1. The smallest absolute Gasteiger partial charge is 0.0783 e. The van der Waals surface area contributed by atoms with Crippen LogP contribution < -0.4 is 4.90 Å². The maximum atomic E-state index is 6.46. The van der Waals surface area contributed by atoms with Gasteiger partial charge < -0.3 is 9.64 Å². The normalized spacial score (nSPS) is 22.4. The van der Waals surface area contributed by atoms with E-state index in [1.807, 2.05) is 7.11 Å². The summed E-state index contributed by atoms with van der Waals surface area (Å²) in [7, 11) is 1.89. The van der Waals surface area contributed by atoms with Crippen LogP contribution >= 0.6 is 11.6 Å². The Bertz CT molecular complexity index is 1150. The monoisotopic (exact) mass is 561 g/mol. The topological polar surface area (TPSA) is 12.5 Å². The molecule has 1 fully saturated rings. The Hall–Kier alpha value is -2.03. The van der Waals surface area contributed by atoms with Crippen LogP contribution in [0.4, 0.5) is 5.69 Å². The molecule has 40 heavy (non-hydrogen) atoms. The van der Waals surface area contributed by atoms with Crippen LogP contribution in [0.15, 0.2) is 55.1 Å². The second kappa shape index (κ2) is 14.7. The van der Waals surface area contributed by atoms with Crippen molar-refractivity contribution in [3.8, 4) is 0 Å². The summed E-state index contributed by atoms with van der Waals surface area (Å²) in [6.07, 6.45) is 15.7. The largest absolute Gasteiger partial charge is 0.377 e. The number of fused-ring (bicyclic) bond motifs is 1. The van der Waals surface area contributed by atoms with E-state index in [1.54, 1.807) is 0 Å². The zero-order chi connectivity index (χ0) is 28.6. The summed E-state index contributed by atoms with van der Waals surface area (Å²) in [6, 6.07) is 13.6. The molecule has 0 spiro atoms. The first-order valence-electron chi connectivity index (χ1n) is 15.9. The fourth-order valence-electron chi connectivity index (χ4n) is 6.75. The maximum Gasteiger partial charge on any atom is 0.0783 e. The molecular weight excluding hydrogens is 510 g/mol. The molecule has 0 bridgehead atoms. The highest BCUT2D eigenvalue weighted by atomic mass is 35.5. The number of allylic oxidation sites excluding steroid dienone is 2. The van der Waals surface area contributed by atoms with Crippen LogP contribution in [0, 0.1) is 17.8 Å². The first-order valence-corrected chi connectivity index (χ1v) is 16.2. The number of ether oxygens (including phenoxy) is 1. The fraction of sp³-hybridized carbons (Fsp3) is 0.568. The number of halogens is 1. The summed E-state index contributed by atoms with van der Waals surface area (Å²) in [4.78, 5) is 2.72. The summed E-state index contributed by atoms with van der Waals surface area (Å²) in [5.41, 5.74) is 8.20. The van der Waals surface area contributed by atoms with Gasteiger partial charge in [0.05, 0.1) is 6.10 Å². The van der Waals surface area contributed by atoms with E-state index >= 15 is 0 Å². The van der Waals surface area contributed by atoms with E-state index in [9.17, 15) is 0 Å². The Morgan fingerprint density at radius 3 is 2.65 bits per heavy atom. The third-order valence-corrected chi connectivity index (χ3v) is 9.90. The highest BCUT2D eigenvalue weighted by Gasteiger charge is 2.38. The summed E-state index contributed by atoms with van der Waals surface area (Å²) >= 11 is 6.46. The molecule has 0 aromatic heterocycles. The van der Waals surface area contributed by atoms with Crippen LogP contribution in [-0.4, -0.2) is 26.3 Å². The van der Waals surface area contributed by atoms with Gasteiger partial charge >= 0.3 is 0 Å². The van der Waals surface area contributed by atoms with Crippen molar-refractivity contribution in [2.24, 2.45) is 17.8 Å². The summed E-state index contributed by atoms with van der Waals surface area (Å²) in [6.45, 7) is 15.4. The van der Waals surface area contributed by atoms with E-state index in [2.05, 4.69) is 87.7 Å². The lowest BCUT2D eigenvalue weighted by Crippen LogP contribution is -2.44. The molecule has 2 aliphatic rings. The average Bonchev–Trinajstić information content (AvgIpc) is 3.11. The van der Waals surface area contributed by atoms with Gasteiger partial charge in [-0.05, 0) is 110 Å². The molecule has 1 heterocycles. The van der Waals surface area contributed by atoms with Crippen LogP contribution in [0.3, 0.4) is 0 Å². The molecule has 1 aliphatic heterocycles. The van der Waals surface area contributed by atoms with Crippen molar-refractivity contribution < 1.29 is 4.74 Å². The van der Waals surface area contributed by atoms with Gasteiger partial charge in [-0.15, -0.1) is 0 Å². The summed E-state index contributed by atoms with van der Waals surface area (Å²) < 4.78 is 6.07. The van der Waals surface area contributed by atoms with Crippen LogP contribution in [0.25, 0.3) is 5.57 Å². The van der Waals surface area contributed by atoms with Crippen molar-refractivity contribution in [2.75, 3.05) is 25.1 Å². The molecule has 0 amide bonds. The molecule has 1 saturated carbocycles. The van der Waals surface area contributed by atoms with E-state index in [-0.39, 0.29) is 6.10 Å². The summed E-state index contributed by atoms with van der Waals surface area (Å²) in [5, 5.41) is 0.854. The Kier molecular flexibility index (Phi) is 11.4. The highest BCUT2D eigenvalue weighted by Crippen LogP contribution is 2.42. The Morgan fingerprint density at radius 1 is 1.15 bits per heavy atom. The predicted molar refractivity (Wildman–Crippen MR) is 175 cm³/mol. The molecule has 0 radical (unpaired) electrons. The van der Waals surface area contributed by atoms with E-state index in [1.165, 1.54) is 60.0 Å². The van der Waals surface area contributed by atoms with Gasteiger partial charge in [0, 0.05) is 36.8 Å². The average molecular weight is 562 g/mol. The minimum atomic E-state index is 0.215. The molecular formula is C37H52ClNO. The number of benzene rings is 2. The number of aryl methyl sites for hydroxylation is 2. The van der Waals surface area contributed by atoms with Crippen LogP contribution in [0.2, 0.25) is 5.02 Å². The van der Waals surface area contributed by atoms with Gasteiger partial charge in [0.25, 0.3) is 0 Å². The first-order chi connectivity index (χ1) is 19.3. The lowest BCUT2D eigenvalue weighted by molar-refractivity contribution is 0.0134. The molecule has 4 rings (SSSR count). The van der Waals surface area contributed by atoms with E-state index in [0.29, 0.717) is 17.8 Å². The van der Waals surface area contributed by atoms with Crippen molar-refractivity contribution in [1.82, 2.24) is 0 Å². The lowest BCUT2D eigenvalue weighted by atomic mass is 9.70. The molecule has 2 aromatic carbocycles. The number of rotatable bonds is 13. The molecule has 1 aliphatic carbocycles. The Balaban J connectivity index is 1.58. The molecule has 5 unspecified atom stereocenters. The number of methoxy groups -OCH3 is 1. The molecule has 2 aromatic rings. The second-order valence-corrected chi connectivity index (χ2v) is 13.0. The highest BCUT2D eigenvalue weighted by molar-refractivity contribution is 6.30. The minimum Gasteiger partial charge on any atom is -0.377 e. The quantitative estimate of drug-likeness (QED) is 0.225. The third kappa shape index (κ3) is 7.62. The Labute approximate surface area is 249 Å². The van der Waals surface area contributed by atoms with Gasteiger partial charge in [-0.1, -0.05) is 87.7 Å². The number of anilines is 1. The van der Waals surface area contributed by atoms with E-state index in [0.717, 1.165) is 55.3 Å².